The normalized spacial score (nSPS) is 23.2. The number of aliphatic hydroxyl groups is 1. The maximum atomic E-state index is 10.3. The van der Waals surface area contributed by atoms with Crippen molar-refractivity contribution < 1.29 is 5.11 Å². The van der Waals surface area contributed by atoms with Crippen LogP contribution in [0.2, 0.25) is 0 Å². The molecule has 130 valence electrons. The molecular weight excluding hydrogens is 316 g/mol. The predicted molar refractivity (Wildman–Crippen MR) is 92.9 cm³/mol. The van der Waals surface area contributed by atoms with Crippen LogP contribution in [-0.2, 0) is 13.1 Å². The van der Waals surface area contributed by atoms with Gasteiger partial charge in [0, 0.05) is 31.5 Å². The zero-order valence-corrected chi connectivity index (χ0v) is 13.9. The Morgan fingerprint density at radius 2 is 2.08 bits per heavy atom. The average Bonchev–Trinajstić information content (AvgIpc) is 3.36. The van der Waals surface area contributed by atoms with Crippen molar-refractivity contribution in [2.45, 2.75) is 38.1 Å². The molecule has 4 rings (SSSR count). The Hall–Kier alpha value is -2.51. The van der Waals surface area contributed by atoms with Crippen molar-refractivity contribution in [3.05, 3.63) is 60.9 Å². The van der Waals surface area contributed by atoms with Crippen molar-refractivity contribution in [3.63, 3.8) is 0 Å². The monoisotopic (exact) mass is 338 g/mol. The first-order chi connectivity index (χ1) is 12.3. The lowest BCUT2D eigenvalue weighted by Gasteiger charge is -2.15. The van der Waals surface area contributed by atoms with Crippen LogP contribution < -0.4 is 5.32 Å². The van der Waals surface area contributed by atoms with Gasteiger partial charge in [0.15, 0.2) is 0 Å². The van der Waals surface area contributed by atoms with E-state index in [9.17, 15) is 5.11 Å². The van der Waals surface area contributed by atoms with Crippen molar-refractivity contribution in [1.29, 1.82) is 0 Å². The van der Waals surface area contributed by atoms with Gasteiger partial charge in [-0.2, -0.15) is 0 Å². The van der Waals surface area contributed by atoms with Crippen LogP contribution in [0.4, 0.5) is 0 Å². The minimum absolute atomic E-state index is 0.0930. The van der Waals surface area contributed by atoms with Crippen LogP contribution >= 0.6 is 0 Å². The summed E-state index contributed by atoms with van der Waals surface area (Å²) in [5.41, 5.74) is 1.86. The Kier molecular flexibility index (Phi) is 4.58. The van der Waals surface area contributed by atoms with Crippen LogP contribution in [0.25, 0.3) is 5.69 Å². The second kappa shape index (κ2) is 7.16. The van der Waals surface area contributed by atoms with Crippen molar-refractivity contribution in [3.8, 4) is 5.69 Å². The molecule has 3 aromatic rings. The van der Waals surface area contributed by atoms with Crippen molar-refractivity contribution in [2.75, 3.05) is 0 Å². The molecule has 7 heteroatoms. The fraction of sp³-hybridized carbons (Fsp3) is 0.389. The third-order valence-electron chi connectivity index (χ3n) is 4.76. The number of para-hydroxylation sites is 1. The number of hydrogen-bond acceptors (Lipinski definition) is 5. The lowest BCUT2D eigenvalue weighted by molar-refractivity contribution is 0.145. The van der Waals surface area contributed by atoms with Gasteiger partial charge in [-0.15, -0.1) is 5.10 Å². The van der Waals surface area contributed by atoms with Crippen LogP contribution in [-0.4, -0.2) is 41.8 Å². The van der Waals surface area contributed by atoms with Crippen LogP contribution in [0.15, 0.2) is 55.2 Å². The predicted octanol–water partition coefficient (Wildman–Crippen LogP) is 1.39. The first kappa shape index (κ1) is 16.0. The number of rotatable bonds is 6. The van der Waals surface area contributed by atoms with Gasteiger partial charge in [0.2, 0.25) is 0 Å². The molecule has 0 saturated heterocycles. The van der Waals surface area contributed by atoms with Crippen molar-refractivity contribution >= 4 is 0 Å². The number of aromatic nitrogens is 5. The quantitative estimate of drug-likeness (QED) is 0.710. The second-order valence-electron chi connectivity index (χ2n) is 6.64. The Balaban J connectivity index is 1.32. The molecule has 7 nitrogen and oxygen atoms in total. The van der Waals surface area contributed by atoms with E-state index in [1.165, 1.54) is 0 Å². The summed E-state index contributed by atoms with van der Waals surface area (Å²) >= 11 is 0. The van der Waals surface area contributed by atoms with Crippen molar-refractivity contribution in [2.24, 2.45) is 5.92 Å². The lowest BCUT2D eigenvalue weighted by atomic mass is 10.1. The lowest BCUT2D eigenvalue weighted by Crippen LogP contribution is -2.35. The Morgan fingerprint density at radius 3 is 2.88 bits per heavy atom. The molecule has 2 N–H and O–H groups in total. The van der Waals surface area contributed by atoms with Gasteiger partial charge in [-0.1, -0.05) is 23.4 Å². The molecule has 1 fully saturated rings. The molecule has 0 bridgehead atoms. The van der Waals surface area contributed by atoms with E-state index in [0.29, 0.717) is 12.5 Å². The van der Waals surface area contributed by atoms with Gasteiger partial charge in [-0.25, -0.2) is 9.67 Å². The van der Waals surface area contributed by atoms with E-state index in [4.69, 9.17) is 0 Å². The summed E-state index contributed by atoms with van der Waals surface area (Å²) in [6.45, 7) is 1.51. The summed E-state index contributed by atoms with van der Waals surface area (Å²) in [5.74, 6) is 0.460. The number of nitrogens with one attached hydrogen (secondary N) is 1. The molecule has 1 saturated carbocycles. The van der Waals surface area contributed by atoms with Gasteiger partial charge >= 0.3 is 0 Å². The van der Waals surface area contributed by atoms with Gasteiger partial charge < -0.3 is 15.0 Å². The van der Waals surface area contributed by atoms with E-state index in [2.05, 4.69) is 25.2 Å². The highest BCUT2D eigenvalue weighted by Crippen LogP contribution is 2.27. The molecule has 2 aromatic heterocycles. The van der Waals surface area contributed by atoms with Crippen molar-refractivity contribution in [1.82, 2.24) is 29.9 Å². The summed E-state index contributed by atoms with van der Waals surface area (Å²) in [6, 6.07) is 10.0. The van der Waals surface area contributed by atoms with Crippen LogP contribution in [0.3, 0.4) is 0 Å². The van der Waals surface area contributed by atoms with E-state index in [0.717, 1.165) is 30.8 Å². The highest BCUT2D eigenvalue weighted by molar-refractivity contribution is 5.29. The number of benzene rings is 1. The van der Waals surface area contributed by atoms with Crippen LogP contribution in [0.1, 0.15) is 18.5 Å². The fourth-order valence-electron chi connectivity index (χ4n) is 3.50. The summed E-state index contributed by atoms with van der Waals surface area (Å²) in [4.78, 5) is 4.07. The van der Waals surface area contributed by atoms with Crippen LogP contribution in [0, 0.1) is 5.92 Å². The average molecular weight is 338 g/mol. The number of aliphatic hydroxyl groups excluding tert-OH is 1. The molecule has 1 unspecified atom stereocenters. The zero-order chi connectivity index (χ0) is 17.1. The Labute approximate surface area is 146 Å². The molecule has 0 spiro atoms. The first-order valence-electron chi connectivity index (χ1n) is 8.62. The molecule has 0 radical (unpaired) electrons. The second-order valence-corrected chi connectivity index (χ2v) is 6.64. The van der Waals surface area contributed by atoms with E-state index < -0.39 is 0 Å². The topological polar surface area (TPSA) is 80.8 Å². The summed E-state index contributed by atoms with van der Waals surface area (Å²) in [6.07, 6.45) is 8.95. The molecule has 2 heterocycles. The van der Waals surface area contributed by atoms with E-state index in [1.807, 2.05) is 49.1 Å². The standard InChI is InChI=1S/C18H22N6O/c25-18-9-14(11-23-7-6-19-13-23)8-17(18)20-10-15-12-24(22-21-15)16-4-2-1-3-5-16/h1-7,12-14,17-18,20,25H,8-11H2/t14?,17-,18-/m1/s1. The first-order valence-corrected chi connectivity index (χ1v) is 8.62. The highest BCUT2D eigenvalue weighted by atomic mass is 16.3. The van der Waals surface area contributed by atoms with Gasteiger partial charge in [-0.3, -0.25) is 0 Å². The highest BCUT2D eigenvalue weighted by Gasteiger charge is 2.32. The SMILES string of the molecule is O[C@@H]1CC(Cn2ccnc2)C[C@H]1NCc1cn(-c2ccccc2)nn1. The molecule has 1 aliphatic rings. The summed E-state index contributed by atoms with van der Waals surface area (Å²) in [5, 5.41) is 22.1. The summed E-state index contributed by atoms with van der Waals surface area (Å²) < 4.78 is 3.84. The largest absolute Gasteiger partial charge is 0.391 e. The molecule has 0 amide bonds. The molecular formula is C18H22N6O. The third kappa shape index (κ3) is 3.78. The minimum atomic E-state index is -0.322. The van der Waals surface area contributed by atoms with E-state index >= 15 is 0 Å². The maximum Gasteiger partial charge on any atom is 0.0969 e. The van der Waals surface area contributed by atoms with Gasteiger partial charge in [-0.05, 0) is 30.9 Å². The van der Waals surface area contributed by atoms with E-state index in [1.54, 1.807) is 10.9 Å². The van der Waals surface area contributed by atoms with Gasteiger partial charge in [0.25, 0.3) is 0 Å². The molecule has 25 heavy (non-hydrogen) atoms. The van der Waals surface area contributed by atoms with E-state index in [-0.39, 0.29) is 12.1 Å². The minimum Gasteiger partial charge on any atom is -0.391 e. The molecule has 1 aliphatic carbocycles. The fourth-order valence-corrected chi connectivity index (χ4v) is 3.50. The zero-order valence-electron chi connectivity index (χ0n) is 13.9. The van der Waals surface area contributed by atoms with Crippen LogP contribution in [0.5, 0.6) is 0 Å². The molecule has 3 atom stereocenters. The van der Waals surface area contributed by atoms with Gasteiger partial charge in [0.05, 0.1) is 30.0 Å². The number of nitrogens with zero attached hydrogens (tertiary/aromatic N) is 5. The third-order valence-corrected chi connectivity index (χ3v) is 4.76. The number of hydrogen-bond donors (Lipinski definition) is 2. The Morgan fingerprint density at radius 1 is 1.20 bits per heavy atom. The smallest absolute Gasteiger partial charge is 0.0969 e. The summed E-state index contributed by atoms with van der Waals surface area (Å²) in [7, 11) is 0. The molecule has 0 aliphatic heterocycles. The Bertz CT molecular complexity index is 785. The van der Waals surface area contributed by atoms with Gasteiger partial charge in [0.1, 0.15) is 0 Å². The number of imidazole rings is 1. The molecule has 1 aromatic carbocycles. The maximum absolute atomic E-state index is 10.3.